The third kappa shape index (κ3) is 5.95. The molecule has 3 N–H and O–H groups in total. The number of carbonyl (C=O) groups is 1. The van der Waals surface area contributed by atoms with Gasteiger partial charge >= 0.3 is 12.3 Å². The van der Waals surface area contributed by atoms with Crippen molar-refractivity contribution < 1.29 is 22.7 Å². The van der Waals surface area contributed by atoms with E-state index in [9.17, 15) is 18.0 Å². The van der Waals surface area contributed by atoms with Crippen molar-refractivity contribution in [3.63, 3.8) is 0 Å². The second kappa shape index (κ2) is 6.60. The minimum Gasteiger partial charge on any atom is -0.444 e. The van der Waals surface area contributed by atoms with Crippen LogP contribution in [-0.4, -0.2) is 18.2 Å². The van der Waals surface area contributed by atoms with Gasteiger partial charge in [-0.05, 0) is 39.0 Å². The predicted molar refractivity (Wildman–Crippen MR) is 77.0 cm³/mol. The summed E-state index contributed by atoms with van der Waals surface area (Å²) in [5.41, 5.74) is 3.78. The molecule has 0 atom stereocenters. The van der Waals surface area contributed by atoms with Crippen molar-refractivity contribution in [3.8, 4) is 11.8 Å². The van der Waals surface area contributed by atoms with Gasteiger partial charge in [0.25, 0.3) is 0 Å². The van der Waals surface area contributed by atoms with Crippen molar-refractivity contribution in [1.29, 1.82) is 0 Å². The minimum absolute atomic E-state index is 0.00976. The summed E-state index contributed by atoms with van der Waals surface area (Å²) < 4.78 is 42.6. The molecule has 0 aliphatic carbocycles. The van der Waals surface area contributed by atoms with Crippen LogP contribution < -0.4 is 11.1 Å². The Morgan fingerprint density at radius 2 is 1.95 bits per heavy atom. The van der Waals surface area contributed by atoms with Crippen molar-refractivity contribution >= 4 is 11.8 Å². The molecule has 0 saturated carbocycles. The number of anilines is 1. The van der Waals surface area contributed by atoms with Crippen molar-refractivity contribution in [1.82, 2.24) is 5.32 Å². The zero-order valence-corrected chi connectivity index (χ0v) is 12.5. The van der Waals surface area contributed by atoms with Gasteiger partial charge in [0.05, 0.1) is 12.1 Å². The van der Waals surface area contributed by atoms with Crippen molar-refractivity contribution in [3.05, 3.63) is 29.3 Å². The summed E-state index contributed by atoms with van der Waals surface area (Å²) in [5, 5.41) is 2.41. The molecule has 120 valence electrons. The number of benzene rings is 1. The monoisotopic (exact) mass is 314 g/mol. The smallest absolute Gasteiger partial charge is 0.418 e. The Morgan fingerprint density at radius 3 is 2.45 bits per heavy atom. The topological polar surface area (TPSA) is 64.3 Å². The molecule has 1 aromatic carbocycles. The quantitative estimate of drug-likeness (QED) is 0.618. The number of hydrogen-bond acceptors (Lipinski definition) is 3. The third-order valence-electron chi connectivity index (χ3n) is 2.31. The summed E-state index contributed by atoms with van der Waals surface area (Å²) in [6.07, 6.45) is -5.11. The highest BCUT2D eigenvalue weighted by Gasteiger charge is 2.32. The summed E-state index contributed by atoms with van der Waals surface area (Å²) in [4.78, 5) is 11.3. The Morgan fingerprint density at radius 1 is 1.32 bits per heavy atom. The van der Waals surface area contributed by atoms with Crippen molar-refractivity contribution in [2.45, 2.75) is 32.5 Å². The number of ether oxygens (including phenoxy) is 1. The average Bonchev–Trinajstić information content (AvgIpc) is 2.31. The largest absolute Gasteiger partial charge is 0.444 e. The Kier molecular flexibility index (Phi) is 5.31. The van der Waals surface area contributed by atoms with E-state index in [1.165, 1.54) is 6.07 Å². The molecule has 1 amide bonds. The maximum atomic E-state index is 12.5. The van der Waals surface area contributed by atoms with E-state index in [0.717, 1.165) is 12.1 Å². The van der Waals surface area contributed by atoms with Crippen LogP contribution >= 0.6 is 0 Å². The van der Waals surface area contributed by atoms with Gasteiger partial charge in [0.1, 0.15) is 5.60 Å². The molecule has 1 rings (SSSR count). The van der Waals surface area contributed by atoms with Crippen LogP contribution in [0.15, 0.2) is 18.2 Å². The molecule has 0 aromatic heterocycles. The van der Waals surface area contributed by atoms with Gasteiger partial charge in [-0.3, -0.25) is 0 Å². The molecule has 0 radical (unpaired) electrons. The molecule has 0 saturated heterocycles. The van der Waals surface area contributed by atoms with E-state index in [0.29, 0.717) is 5.56 Å². The molecule has 7 heteroatoms. The van der Waals surface area contributed by atoms with E-state index in [1.807, 2.05) is 0 Å². The lowest BCUT2D eigenvalue weighted by molar-refractivity contribution is -0.136. The lowest BCUT2D eigenvalue weighted by atomic mass is 10.1. The fourth-order valence-corrected chi connectivity index (χ4v) is 1.48. The van der Waals surface area contributed by atoms with E-state index < -0.39 is 23.4 Å². The van der Waals surface area contributed by atoms with Gasteiger partial charge in [-0.2, -0.15) is 13.2 Å². The number of hydrogen-bond donors (Lipinski definition) is 2. The Bertz CT molecular complexity index is 608. The number of alkyl halides is 3. The summed E-state index contributed by atoms with van der Waals surface area (Å²) in [6.45, 7) is 5.19. The number of halogens is 3. The number of nitrogen functional groups attached to an aromatic ring is 1. The van der Waals surface area contributed by atoms with E-state index >= 15 is 0 Å². The van der Waals surface area contributed by atoms with Gasteiger partial charge in [0.2, 0.25) is 0 Å². The second-order valence-electron chi connectivity index (χ2n) is 5.46. The third-order valence-corrected chi connectivity index (χ3v) is 2.31. The average molecular weight is 314 g/mol. The molecular weight excluding hydrogens is 297 g/mol. The van der Waals surface area contributed by atoms with Gasteiger partial charge in [-0.25, -0.2) is 4.79 Å². The fraction of sp³-hybridized carbons (Fsp3) is 0.400. The van der Waals surface area contributed by atoms with Crippen molar-refractivity contribution in [2.24, 2.45) is 0 Å². The molecule has 0 spiro atoms. The maximum absolute atomic E-state index is 12.5. The molecule has 0 aliphatic heterocycles. The number of amides is 1. The molecule has 0 heterocycles. The fourth-order valence-electron chi connectivity index (χ4n) is 1.48. The molecule has 4 nitrogen and oxygen atoms in total. The summed E-state index contributed by atoms with van der Waals surface area (Å²) in [7, 11) is 0. The van der Waals surface area contributed by atoms with E-state index in [1.54, 1.807) is 20.8 Å². The van der Waals surface area contributed by atoms with Gasteiger partial charge in [-0.1, -0.05) is 11.8 Å². The molecule has 0 aliphatic rings. The zero-order valence-electron chi connectivity index (χ0n) is 12.5. The van der Waals surface area contributed by atoms with Crippen molar-refractivity contribution in [2.75, 3.05) is 12.3 Å². The lowest BCUT2D eigenvalue weighted by Crippen LogP contribution is -2.32. The minimum atomic E-state index is -4.49. The second-order valence-corrected chi connectivity index (χ2v) is 5.46. The normalized spacial score (nSPS) is 11.4. The Balaban J connectivity index is 2.63. The molecule has 0 unspecified atom stereocenters. The highest BCUT2D eigenvalue weighted by atomic mass is 19.4. The zero-order chi connectivity index (χ0) is 17.0. The predicted octanol–water partition coefficient (Wildman–Crippen LogP) is 3.16. The summed E-state index contributed by atoms with van der Waals surface area (Å²) in [5.74, 6) is 5.22. The van der Waals surface area contributed by atoms with E-state index in [4.69, 9.17) is 10.5 Å². The number of alkyl carbamates (subject to hydrolysis) is 1. The number of carbonyl (C=O) groups excluding carboxylic acids is 1. The highest BCUT2D eigenvalue weighted by molar-refractivity contribution is 5.68. The van der Waals surface area contributed by atoms with Crippen LogP contribution in [0.3, 0.4) is 0 Å². The van der Waals surface area contributed by atoms with Crippen LogP contribution in [0.5, 0.6) is 0 Å². The highest BCUT2D eigenvalue weighted by Crippen LogP contribution is 2.33. The number of nitrogens with one attached hydrogen (secondary N) is 1. The maximum Gasteiger partial charge on any atom is 0.418 e. The SMILES string of the molecule is CC(C)(C)OC(=O)NCC#Cc1ccc(C(F)(F)F)c(N)c1. The Hall–Kier alpha value is -2.36. The molecule has 0 fully saturated rings. The lowest BCUT2D eigenvalue weighted by Gasteiger charge is -2.19. The first kappa shape index (κ1) is 17.7. The molecule has 1 aromatic rings. The van der Waals surface area contributed by atoms with Crippen LogP contribution in [0.25, 0.3) is 0 Å². The van der Waals surface area contributed by atoms with Gasteiger partial charge in [-0.15, -0.1) is 0 Å². The molecular formula is C15H17F3N2O2. The van der Waals surface area contributed by atoms with Gasteiger partial charge < -0.3 is 15.8 Å². The number of nitrogens with two attached hydrogens (primary N) is 1. The Labute approximate surface area is 126 Å². The summed E-state index contributed by atoms with van der Waals surface area (Å²) >= 11 is 0. The van der Waals surface area contributed by atoms with Gasteiger partial charge in [0, 0.05) is 11.3 Å². The van der Waals surface area contributed by atoms with Crippen LogP contribution in [0.2, 0.25) is 0 Å². The van der Waals surface area contributed by atoms with E-state index in [2.05, 4.69) is 17.2 Å². The van der Waals surface area contributed by atoms with Crippen LogP contribution in [0.4, 0.5) is 23.7 Å². The molecule has 22 heavy (non-hydrogen) atoms. The van der Waals surface area contributed by atoms with Crippen LogP contribution in [-0.2, 0) is 10.9 Å². The first-order chi connectivity index (χ1) is 9.99. The van der Waals surface area contributed by atoms with Crippen LogP contribution in [0.1, 0.15) is 31.9 Å². The first-order valence-corrected chi connectivity index (χ1v) is 6.41. The number of rotatable bonds is 1. The van der Waals surface area contributed by atoms with E-state index in [-0.39, 0.29) is 12.2 Å². The van der Waals surface area contributed by atoms with Gasteiger partial charge in [0.15, 0.2) is 0 Å². The standard InChI is InChI=1S/C15H17F3N2O2/c1-14(2,3)22-13(21)20-8-4-5-10-6-7-11(12(19)9-10)15(16,17)18/h6-7,9H,8,19H2,1-3H3,(H,20,21). The van der Waals surface area contributed by atoms with Crippen LogP contribution in [0, 0.1) is 11.8 Å². The summed E-state index contributed by atoms with van der Waals surface area (Å²) in [6, 6.07) is 3.24. The first-order valence-electron chi connectivity index (χ1n) is 6.41. The molecule has 0 bridgehead atoms.